The fourth-order valence-corrected chi connectivity index (χ4v) is 4.33. The largest absolute Gasteiger partial charge is 0.356 e. The van der Waals surface area contributed by atoms with Gasteiger partial charge in [-0.25, -0.2) is 9.37 Å². The van der Waals surface area contributed by atoms with E-state index in [4.69, 9.17) is 4.52 Å². The molecule has 1 aromatic carbocycles. The number of aryl methyl sites for hydroxylation is 1. The number of rotatable bonds is 2. The van der Waals surface area contributed by atoms with E-state index >= 15 is 0 Å². The van der Waals surface area contributed by atoms with Crippen LogP contribution in [0.5, 0.6) is 0 Å². The number of hydrogen-bond acceptors (Lipinski definition) is 4. The van der Waals surface area contributed by atoms with E-state index in [0.29, 0.717) is 24.4 Å². The fraction of sp³-hybridized carbons (Fsp3) is 0.450. The zero-order valence-electron chi connectivity index (χ0n) is 15.0. The van der Waals surface area contributed by atoms with Gasteiger partial charge in [0.1, 0.15) is 17.3 Å². The van der Waals surface area contributed by atoms with Gasteiger partial charge in [0.05, 0.1) is 11.9 Å². The Morgan fingerprint density at radius 2 is 2.04 bits per heavy atom. The van der Waals surface area contributed by atoms with Crippen molar-refractivity contribution in [2.45, 2.75) is 44.6 Å². The highest BCUT2D eigenvalue weighted by atomic mass is 19.1. The molecular formula is C20H21FN4O2. The van der Waals surface area contributed by atoms with E-state index in [0.717, 1.165) is 55.6 Å². The first-order chi connectivity index (χ1) is 13.2. The van der Waals surface area contributed by atoms with Crippen molar-refractivity contribution in [2.24, 2.45) is 0 Å². The molecule has 0 bridgehead atoms. The Hall–Kier alpha value is -2.70. The second-order valence-corrected chi connectivity index (χ2v) is 7.44. The predicted molar refractivity (Wildman–Crippen MR) is 97.0 cm³/mol. The number of aromatic nitrogens is 3. The topological polar surface area (TPSA) is 64.2 Å². The van der Waals surface area contributed by atoms with Gasteiger partial charge in [-0.15, -0.1) is 0 Å². The van der Waals surface area contributed by atoms with Crippen LogP contribution in [0.2, 0.25) is 0 Å². The SMILES string of the molecule is O=C(c1cnc2n1CCCC2)N1CCC(c2noc3cc(F)ccc23)CC1. The van der Waals surface area contributed by atoms with Gasteiger partial charge in [0.2, 0.25) is 0 Å². The maximum absolute atomic E-state index is 13.3. The number of carbonyl (C=O) groups excluding carboxylic acids is 1. The standard InChI is InChI=1S/C20H21FN4O2/c21-14-4-5-15-17(11-14)27-23-19(15)13-6-9-24(10-7-13)20(26)16-12-22-18-3-1-2-8-25(16)18/h4-5,11-13H,1-3,6-10H2. The monoisotopic (exact) mass is 368 g/mol. The van der Waals surface area contributed by atoms with Crippen LogP contribution in [-0.4, -0.2) is 38.6 Å². The maximum Gasteiger partial charge on any atom is 0.272 e. The molecule has 2 aromatic heterocycles. The average Bonchev–Trinajstić information content (AvgIpc) is 3.31. The fourth-order valence-electron chi connectivity index (χ4n) is 4.33. The number of piperidine rings is 1. The van der Waals surface area contributed by atoms with E-state index in [-0.39, 0.29) is 17.6 Å². The van der Waals surface area contributed by atoms with Crippen molar-refractivity contribution >= 4 is 16.9 Å². The van der Waals surface area contributed by atoms with Crippen molar-refractivity contribution in [3.05, 3.63) is 47.4 Å². The zero-order chi connectivity index (χ0) is 18.4. The Morgan fingerprint density at radius 3 is 2.89 bits per heavy atom. The first-order valence-electron chi connectivity index (χ1n) is 9.59. The molecule has 7 heteroatoms. The second-order valence-electron chi connectivity index (χ2n) is 7.44. The molecule has 5 rings (SSSR count). The number of imidazole rings is 1. The summed E-state index contributed by atoms with van der Waals surface area (Å²) in [4.78, 5) is 19.3. The summed E-state index contributed by atoms with van der Waals surface area (Å²) in [6.45, 7) is 2.24. The minimum atomic E-state index is -0.324. The summed E-state index contributed by atoms with van der Waals surface area (Å²) in [7, 11) is 0. The van der Waals surface area contributed by atoms with Crippen molar-refractivity contribution in [3.63, 3.8) is 0 Å². The van der Waals surface area contributed by atoms with E-state index in [2.05, 4.69) is 14.7 Å². The molecule has 0 aliphatic carbocycles. The molecule has 1 amide bonds. The third-order valence-electron chi connectivity index (χ3n) is 5.82. The molecular weight excluding hydrogens is 347 g/mol. The van der Waals surface area contributed by atoms with Crippen LogP contribution in [0.4, 0.5) is 4.39 Å². The van der Waals surface area contributed by atoms with E-state index in [1.54, 1.807) is 12.3 Å². The number of carbonyl (C=O) groups is 1. The van der Waals surface area contributed by atoms with Crippen LogP contribution in [0.25, 0.3) is 11.0 Å². The van der Waals surface area contributed by atoms with Crippen molar-refractivity contribution in [1.82, 2.24) is 19.6 Å². The van der Waals surface area contributed by atoms with Gasteiger partial charge in [0.15, 0.2) is 5.58 Å². The molecule has 140 valence electrons. The lowest BCUT2D eigenvalue weighted by Gasteiger charge is -2.31. The summed E-state index contributed by atoms with van der Waals surface area (Å²) in [5.41, 5.74) is 2.07. The molecule has 0 atom stereocenters. The highest BCUT2D eigenvalue weighted by Gasteiger charge is 2.30. The van der Waals surface area contributed by atoms with Gasteiger partial charge in [0.25, 0.3) is 5.91 Å². The summed E-state index contributed by atoms with van der Waals surface area (Å²) >= 11 is 0. The van der Waals surface area contributed by atoms with Crippen LogP contribution in [0, 0.1) is 5.82 Å². The van der Waals surface area contributed by atoms with Gasteiger partial charge in [0, 0.05) is 43.4 Å². The highest BCUT2D eigenvalue weighted by Crippen LogP contribution is 2.33. The Bertz CT molecular complexity index is 1000. The number of benzene rings is 1. The van der Waals surface area contributed by atoms with Gasteiger partial charge < -0.3 is 14.0 Å². The molecule has 6 nitrogen and oxygen atoms in total. The predicted octanol–water partition coefficient (Wildman–Crippen LogP) is 3.52. The number of amides is 1. The third-order valence-corrected chi connectivity index (χ3v) is 5.82. The molecule has 2 aliphatic rings. The maximum atomic E-state index is 13.3. The van der Waals surface area contributed by atoms with E-state index < -0.39 is 0 Å². The Balaban J connectivity index is 1.31. The van der Waals surface area contributed by atoms with Gasteiger partial charge in [-0.3, -0.25) is 4.79 Å². The molecule has 0 radical (unpaired) electrons. The van der Waals surface area contributed by atoms with Crippen LogP contribution in [-0.2, 0) is 13.0 Å². The molecule has 1 fully saturated rings. The minimum absolute atomic E-state index is 0.0705. The zero-order valence-corrected chi connectivity index (χ0v) is 15.0. The van der Waals surface area contributed by atoms with Crippen LogP contribution in [0.15, 0.2) is 28.9 Å². The van der Waals surface area contributed by atoms with Crippen LogP contribution >= 0.6 is 0 Å². The number of hydrogen-bond donors (Lipinski definition) is 0. The Labute approximate surface area is 155 Å². The molecule has 27 heavy (non-hydrogen) atoms. The molecule has 0 saturated carbocycles. The normalized spacial score (nSPS) is 18.0. The first kappa shape index (κ1) is 16.5. The minimum Gasteiger partial charge on any atom is -0.356 e. The van der Waals surface area contributed by atoms with Crippen LogP contribution in [0.3, 0.4) is 0 Å². The molecule has 0 spiro atoms. The van der Waals surface area contributed by atoms with Gasteiger partial charge in [-0.1, -0.05) is 5.16 Å². The molecule has 3 aromatic rings. The lowest BCUT2D eigenvalue weighted by atomic mass is 9.91. The van der Waals surface area contributed by atoms with Crippen molar-refractivity contribution < 1.29 is 13.7 Å². The first-order valence-corrected chi connectivity index (χ1v) is 9.59. The quantitative estimate of drug-likeness (QED) is 0.694. The lowest BCUT2D eigenvalue weighted by molar-refractivity contribution is 0.0699. The van der Waals surface area contributed by atoms with Gasteiger partial charge in [-0.05, 0) is 37.8 Å². The number of nitrogens with zero attached hydrogens (tertiary/aromatic N) is 4. The van der Waals surface area contributed by atoms with Crippen LogP contribution < -0.4 is 0 Å². The van der Waals surface area contributed by atoms with Gasteiger partial charge in [-0.2, -0.15) is 0 Å². The van der Waals surface area contributed by atoms with Crippen molar-refractivity contribution in [3.8, 4) is 0 Å². The number of likely N-dealkylation sites (tertiary alicyclic amines) is 1. The number of fused-ring (bicyclic) bond motifs is 2. The van der Waals surface area contributed by atoms with Crippen LogP contribution in [0.1, 0.15) is 53.6 Å². The van der Waals surface area contributed by atoms with Crippen molar-refractivity contribution in [2.75, 3.05) is 13.1 Å². The summed E-state index contributed by atoms with van der Waals surface area (Å²) in [6.07, 6.45) is 6.58. The molecule has 2 aliphatic heterocycles. The Kier molecular flexibility index (Phi) is 3.95. The lowest BCUT2D eigenvalue weighted by Crippen LogP contribution is -2.39. The molecule has 0 unspecified atom stereocenters. The van der Waals surface area contributed by atoms with E-state index in [9.17, 15) is 9.18 Å². The van der Waals surface area contributed by atoms with E-state index in [1.165, 1.54) is 12.1 Å². The third kappa shape index (κ3) is 2.81. The van der Waals surface area contributed by atoms with Crippen molar-refractivity contribution in [1.29, 1.82) is 0 Å². The molecule has 4 heterocycles. The number of halogens is 1. The highest BCUT2D eigenvalue weighted by molar-refractivity contribution is 5.92. The summed E-state index contributed by atoms with van der Waals surface area (Å²) < 4.78 is 20.7. The van der Waals surface area contributed by atoms with Gasteiger partial charge >= 0.3 is 0 Å². The molecule has 0 N–H and O–H groups in total. The smallest absolute Gasteiger partial charge is 0.272 e. The second kappa shape index (κ2) is 6.48. The summed E-state index contributed by atoms with van der Waals surface area (Å²) in [5, 5.41) is 5.05. The summed E-state index contributed by atoms with van der Waals surface area (Å²) in [6, 6.07) is 4.53. The Morgan fingerprint density at radius 1 is 1.19 bits per heavy atom. The van der Waals surface area contributed by atoms with E-state index in [1.807, 2.05) is 4.90 Å². The molecule has 1 saturated heterocycles. The average molecular weight is 368 g/mol. The summed E-state index contributed by atoms with van der Waals surface area (Å²) in [5.74, 6) is 0.997.